The van der Waals surface area contributed by atoms with Gasteiger partial charge in [-0.15, -0.1) is 11.3 Å². The van der Waals surface area contributed by atoms with Crippen LogP contribution >= 0.6 is 11.3 Å². The minimum atomic E-state index is -2.96. The van der Waals surface area contributed by atoms with Crippen molar-refractivity contribution < 1.29 is 8.42 Å². The predicted octanol–water partition coefficient (Wildman–Crippen LogP) is 1.56. The van der Waals surface area contributed by atoms with Gasteiger partial charge in [-0.05, 0) is 32.1 Å². The highest BCUT2D eigenvalue weighted by molar-refractivity contribution is 7.91. The SMILES string of the molecule is Cc1ncc(C(NN)C2CCCC(S(C)(=O)=O)C2)s1. The average molecular weight is 303 g/mol. The number of thiazole rings is 1. The lowest BCUT2D eigenvalue weighted by Gasteiger charge is -2.32. The monoisotopic (exact) mass is 303 g/mol. The van der Waals surface area contributed by atoms with Crippen LogP contribution in [0.3, 0.4) is 0 Å². The number of sulfone groups is 1. The number of hydrogen-bond donors (Lipinski definition) is 2. The molecule has 0 amide bonds. The Labute approximate surface area is 118 Å². The van der Waals surface area contributed by atoms with E-state index >= 15 is 0 Å². The molecule has 7 heteroatoms. The molecule has 1 saturated carbocycles. The van der Waals surface area contributed by atoms with Gasteiger partial charge in [-0.25, -0.2) is 13.4 Å². The van der Waals surface area contributed by atoms with E-state index in [1.165, 1.54) is 6.26 Å². The van der Waals surface area contributed by atoms with E-state index in [0.717, 1.165) is 29.1 Å². The van der Waals surface area contributed by atoms with Gasteiger partial charge in [0.25, 0.3) is 0 Å². The number of hydrogen-bond acceptors (Lipinski definition) is 6. The topological polar surface area (TPSA) is 85.1 Å². The normalized spacial score (nSPS) is 26.3. The second kappa shape index (κ2) is 5.87. The Hall–Kier alpha value is -0.500. The molecule has 2 rings (SSSR count). The van der Waals surface area contributed by atoms with E-state index in [0.29, 0.717) is 6.42 Å². The molecular formula is C12H21N3O2S2. The number of nitrogens with two attached hydrogens (primary N) is 1. The first-order chi connectivity index (χ1) is 8.91. The molecule has 0 saturated heterocycles. The molecule has 3 unspecified atom stereocenters. The molecule has 0 bridgehead atoms. The first kappa shape index (κ1) is 14.9. The molecular weight excluding hydrogens is 282 g/mol. The number of aromatic nitrogens is 1. The molecule has 1 aromatic rings. The largest absolute Gasteiger partial charge is 0.271 e. The highest BCUT2D eigenvalue weighted by Gasteiger charge is 2.33. The van der Waals surface area contributed by atoms with Crippen molar-refractivity contribution in [3.63, 3.8) is 0 Å². The molecule has 19 heavy (non-hydrogen) atoms. The molecule has 0 aromatic carbocycles. The van der Waals surface area contributed by atoms with Gasteiger partial charge in [-0.3, -0.25) is 11.3 Å². The second-order valence-electron chi connectivity index (χ2n) is 5.30. The van der Waals surface area contributed by atoms with E-state index in [1.54, 1.807) is 11.3 Å². The third-order valence-electron chi connectivity index (χ3n) is 3.87. The van der Waals surface area contributed by atoms with Crippen LogP contribution in [-0.2, 0) is 9.84 Å². The highest BCUT2D eigenvalue weighted by Crippen LogP contribution is 2.37. The third-order valence-corrected chi connectivity index (χ3v) is 6.50. The Kier molecular flexibility index (Phi) is 4.60. The van der Waals surface area contributed by atoms with Crippen molar-refractivity contribution in [1.29, 1.82) is 0 Å². The maximum Gasteiger partial charge on any atom is 0.150 e. The first-order valence-electron chi connectivity index (χ1n) is 6.49. The fourth-order valence-electron chi connectivity index (χ4n) is 2.84. The number of nitrogens with one attached hydrogen (secondary N) is 1. The smallest absolute Gasteiger partial charge is 0.150 e. The number of hydrazine groups is 1. The third kappa shape index (κ3) is 3.53. The molecule has 1 heterocycles. The zero-order valence-corrected chi connectivity index (χ0v) is 12.9. The quantitative estimate of drug-likeness (QED) is 0.651. The highest BCUT2D eigenvalue weighted by atomic mass is 32.2. The number of nitrogens with zero attached hydrogens (tertiary/aromatic N) is 1. The lowest BCUT2D eigenvalue weighted by molar-refractivity contribution is 0.277. The van der Waals surface area contributed by atoms with Crippen LogP contribution in [0.25, 0.3) is 0 Å². The lowest BCUT2D eigenvalue weighted by Crippen LogP contribution is -2.38. The van der Waals surface area contributed by atoms with E-state index < -0.39 is 9.84 Å². The molecule has 1 aliphatic carbocycles. The summed E-state index contributed by atoms with van der Waals surface area (Å²) in [5.41, 5.74) is 2.85. The Balaban J connectivity index is 2.15. The maximum absolute atomic E-state index is 11.7. The average Bonchev–Trinajstić information content (AvgIpc) is 2.76. The van der Waals surface area contributed by atoms with E-state index in [4.69, 9.17) is 5.84 Å². The molecule has 5 nitrogen and oxygen atoms in total. The van der Waals surface area contributed by atoms with Crippen molar-refractivity contribution in [2.45, 2.75) is 43.9 Å². The van der Waals surface area contributed by atoms with Gasteiger partial charge in [0.15, 0.2) is 0 Å². The van der Waals surface area contributed by atoms with Crippen molar-refractivity contribution in [2.24, 2.45) is 11.8 Å². The molecule has 3 atom stereocenters. The van der Waals surface area contributed by atoms with Gasteiger partial charge in [-0.2, -0.15) is 0 Å². The molecule has 3 N–H and O–H groups in total. The summed E-state index contributed by atoms with van der Waals surface area (Å²) in [5.74, 6) is 5.94. The standard InChI is InChI=1S/C12H21N3O2S2/c1-8-14-7-11(18-8)12(15-13)9-4-3-5-10(6-9)19(2,16)17/h7,9-10,12,15H,3-6,13H2,1-2H3. The van der Waals surface area contributed by atoms with Crippen LogP contribution < -0.4 is 11.3 Å². The van der Waals surface area contributed by atoms with Crippen molar-refractivity contribution in [1.82, 2.24) is 10.4 Å². The number of aryl methyl sites for hydroxylation is 1. The zero-order chi connectivity index (χ0) is 14.0. The van der Waals surface area contributed by atoms with Crippen LogP contribution in [0.15, 0.2) is 6.20 Å². The van der Waals surface area contributed by atoms with Crippen LogP contribution in [-0.4, -0.2) is 24.9 Å². The second-order valence-corrected chi connectivity index (χ2v) is 8.90. The Morgan fingerprint density at radius 2 is 2.26 bits per heavy atom. The van der Waals surface area contributed by atoms with Crippen molar-refractivity contribution in [3.8, 4) is 0 Å². The van der Waals surface area contributed by atoms with Crippen LogP contribution in [0.1, 0.15) is 41.6 Å². The zero-order valence-electron chi connectivity index (χ0n) is 11.3. The summed E-state index contributed by atoms with van der Waals surface area (Å²) in [5, 5.41) is 0.779. The van der Waals surface area contributed by atoms with E-state index in [2.05, 4.69) is 10.4 Å². The van der Waals surface area contributed by atoms with Crippen LogP contribution in [0.5, 0.6) is 0 Å². The first-order valence-corrected chi connectivity index (χ1v) is 9.26. The lowest BCUT2D eigenvalue weighted by atomic mass is 9.83. The number of rotatable bonds is 4. The van der Waals surface area contributed by atoms with Crippen LogP contribution in [0.2, 0.25) is 0 Å². The van der Waals surface area contributed by atoms with E-state index in [9.17, 15) is 8.42 Å². The predicted molar refractivity (Wildman–Crippen MR) is 77.5 cm³/mol. The van der Waals surface area contributed by atoms with Crippen molar-refractivity contribution in [2.75, 3.05) is 6.26 Å². The molecule has 0 aliphatic heterocycles. The fourth-order valence-corrected chi connectivity index (χ4v) is 4.98. The summed E-state index contributed by atoms with van der Waals surface area (Å²) < 4.78 is 23.4. The van der Waals surface area contributed by atoms with Gasteiger partial charge in [0.2, 0.25) is 0 Å². The molecule has 1 aliphatic rings. The van der Waals surface area contributed by atoms with Gasteiger partial charge in [-0.1, -0.05) is 6.42 Å². The summed E-state index contributed by atoms with van der Waals surface area (Å²) in [6.07, 6.45) is 6.59. The Morgan fingerprint density at radius 1 is 1.53 bits per heavy atom. The van der Waals surface area contributed by atoms with Gasteiger partial charge >= 0.3 is 0 Å². The maximum atomic E-state index is 11.7. The fraction of sp³-hybridized carbons (Fsp3) is 0.750. The van der Waals surface area contributed by atoms with E-state index in [1.807, 2.05) is 13.1 Å². The molecule has 0 spiro atoms. The summed E-state index contributed by atoms with van der Waals surface area (Å²) in [6.45, 7) is 1.96. The Morgan fingerprint density at radius 3 is 2.79 bits per heavy atom. The summed E-state index contributed by atoms with van der Waals surface area (Å²) in [4.78, 5) is 5.35. The van der Waals surface area contributed by atoms with Crippen LogP contribution in [0, 0.1) is 12.8 Å². The van der Waals surface area contributed by atoms with Gasteiger partial charge in [0.1, 0.15) is 9.84 Å². The van der Waals surface area contributed by atoms with Gasteiger partial charge < -0.3 is 0 Å². The summed E-state index contributed by atoms with van der Waals surface area (Å²) in [6, 6.07) is 0.00995. The minimum absolute atomic E-state index is 0.00995. The molecule has 1 aromatic heterocycles. The van der Waals surface area contributed by atoms with Gasteiger partial charge in [0, 0.05) is 17.3 Å². The Bertz CT molecular complexity index is 527. The minimum Gasteiger partial charge on any atom is -0.271 e. The summed E-state index contributed by atoms with van der Waals surface area (Å²) >= 11 is 1.62. The molecule has 1 fully saturated rings. The summed E-state index contributed by atoms with van der Waals surface area (Å²) in [7, 11) is -2.96. The van der Waals surface area contributed by atoms with Crippen molar-refractivity contribution >= 4 is 21.2 Å². The van der Waals surface area contributed by atoms with Crippen LogP contribution in [0.4, 0.5) is 0 Å². The van der Waals surface area contributed by atoms with Gasteiger partial charge in [0.05, 0.1) is 16.3 Å². The molecule has 108 valence electrons. The van der Waals surface area contributed by atoms with Crippen molar-refractivity contribution in [3.05, 3.63) is 16.1 Å². The van der Waals surface area contributed by atoms with E-state index in [-0.39, 0.29) is 17.2 Å². The molecule has 0 radical (unpaired) electrons.